The Labute approximate surface area is 122 Å². The molecule has 0 radical (unpaired) electrons. The summed E-state index contributed by atoms with van der Waals surface area (Å²) in [5, 5.41) is 12.1. The van der Waals surface area contributed by atoms with Crippen LogP contribution in [0.3, 0.4) is 0 Å². The van der Waals surface area contributed by atoms with Crippen molar-refractivity contribution in [2.45, 2.75) is 33.2 Å². The number of allylic oxidation sites excluding steroid dienone is 2. The van der Waals surface area contributed by atoms with E-state index in [1.165, 1.54) is 6.92 Å². The molecule has 0 aliphatic rings. The molecule has 0 aromatic carbocycles. The van der Waals surface area contributed by atoms with Gasteiger partial charge in [0.15, 0.2) is 11.4 Å². The number of hydrogen-bond acceptors (Lipinski definition) is 5. The molecule has 0 saturated heterocycles. The van der Waals surface area contributed by atoms with E-state index in [2.05, 4.69) is 20.3 Å². The Morgan fingerprint density at radius 2 is 2.33 bits per heavy atom. The number of nitriles is 1. The van der Waals surface area contributed by atoms with Gasteiger partial charge in [-0.15, -0.1) is 0 Å². The summed E-state index contributed by atoms with van der Waals surface area (Å²) in [6, 6.07) is 2.17. The summed E-state index contributed by atoms with van der Waals surface area (Å²) in [7, 11) is 0. The van der Waals surface area contributed by atoms with Gasteiger partial charge in [-0.2, -0.15) is 5.26 Å². The lowest BCUT2D eigenvalue weighted by atomic mass is 10.1. The van der Waals surface area contributed by atoms with Crippen molar-refractivity contribution in [2.24, 2.45) is 0 Å². The van der Waals surface area contributed by atoms with Gasteiger partial charge in [0, 0.05) is 17.8 Å². The molecule has 6 heteroatoms. The van der Waals surface area contributed by atoms with Crippen molar-refractivity contribution in [2.75, 3.05) is 5.32 Å². The molecule has 21 heavy (non-hydrogen) atoms. The van der Waals surface area contributed by atoms with E-state index in [1.807, 2.05) is 19.9 Å². The molecule has 0 unspecified atom stereocenters. The lowest BCUT2D eigenvalue weighted by Gasteiger charge is -2.08. The highest BCUT2D eigenvalue weighted by Gasteiger charge is 2.09. The fourth-order valence-electron chi connectivity index (χ4n) is 1.94. The summed E-state index contributed by atoms with van der Waals surface area (Å²) in [6.07, 6.45) is 5.56. The molecule has 0 spiro atoms. The molecule has 2 heterocycles. The molecule has 2 aromatic heterocycles. The van der Waals surface area contributed by atoms with E-state index in [4.69, 9.17) is 5.26 Å². The summed E-state index contributed by atoms with van der Waals surface area (Å²) in [6.45, 7) is 5.44. The first-order chi connectivity index (χ1) is 10.0. The van der Waals surface area contributed by atoms with Crippen LogP contribution in [0.4, 0.5) is 5.82 Å². The summed E-state index contributed by atoms with van der Waals surface area (Å²) in [5.41, 5.74) is 2.50. The molecule has 0 fully saturated rings. The maximum absolute atomic E-state index is 11.2. The largest absolute Gasteiger partial charge is 0.367 e. The number of aromatic nitrogens is 3. The van der Waals surface area contributed by atoms with Gasteiger partial charge in [-0.25, -0.2) is 9.97 Å². The molecule has 0 amide bonds. The van der Waals surface area contributed by atoms with Crippen LogP contribution in [0.2, 0.25) is 0 Å². The molecule has 0 saturated carbocycles. The lowest BCUT2D eigenvalue weighted by Crippen LogP contribution is -2.11. The highest BCUT2D eigenvalue weighted by atomic mass is 16.1. The number of fused-ring (bicyclic) bond motifs is 1. The Morgan fingerprint density at radius 1 is 1.57 bits per heavy atom. The zero-order valence-electron chi connectivity index (χ0n) is 12.3. The van der Waals surface area contributed by atoms with Gasteiger partial charge in [-0.1, -0.05) is 6.08 Å². The van der Waals surface area contributed by atoms with Crippen molar-refractivity contribution in [1.29, 1.82) is 5.26 Å². The van der Waals surface area contributed by atoms with Gasteiger partial charge >= 0.3 is 0 Å². The number of carbonyl (C=O) groups excluding carboxylic acids is 1. The minimum atomic E-state index is -0.231. The van der Waals surface area contributed by atoms with Crippen molar-refractivity contribution in [3.63, 3.8) is 0 Å². The van der Waals surface area contributed by atoms with E-state index in [0.29, 0.717) is 17.9 Å². The first kappa shape index (κ1) is 14.7. The van der Waals surface area contributed by atoms with Gasteiger partial charge < -0.3 is 10.3 Å². The minimum absolute atomic E-state index is 0.161. The van der Waals surface area contributed by atoms with Gasteiger partial charge in [-0.05, 0) is 27.2 Å². The highest BCUT2D eigenvalue weighted by molar-refractivity contribution is 5.97. The van der Waals surface area contributed by atoms with Crippen molar-refractivity contribution in [1.82, 2.24) is 15.0 Å². The molecule has 2 aromatic rings. The lowest BCUT2D eigenvalue weighted by molar-refractivity contribution is -0.113. The van der Waals surface area contributed by atoms with Crippen molar-refractivity contribution < 1.29 is 4.79 Å². The maximum atomic E-state index is 11.2. The Morgan fingerprint density at radius 3 is 2.95 bits per heavy atom. The van der Waals surface area contributed by atoms with Gasteiger partial charge in [0.2, 0.25) is 0 Å². The molecule has 2 rings (SSSR count). The van der Waals surface area contributed by atoms with Gasteiger partial charge in [0.05, 0.1) is 11.8 Å². The second kappa shape index (κ2) is 6.18. The smallest absolute Gasteiger partial charge is 0.169 e. The maximum Gasteiger partial charge on any atom is 0.169 e. The van der Waals surface area contributed by atoms with Gasteiger partial charge in [0.25, 0.3) is 0 Å². The number of nitrogens with zero attached hydrogens (tertiary/aromatic N) is 3. The van der Waals surface area contributed by atoms with Crippen LogP contribution in [0, 0.1) is 11.3 Å². The predicted molar refractivity (Wildman–Crippen MR) is 80.7 cm³/mol. The van der Waals surface area contributed by atoms with Gasteiger partial charge in [-0.3, -0.25) is 4.79 Å². The van der Waals surface area contributed by atoms with E-state index in [-0.39, 0.29) is 17.4 Å². The number of Topliss-reactive ketones (excluding diaryl/α,β-unsaturated/α-hetero) is 1. The summed E-state index contributed by atoms with van der Waals surface area (Å²) in [5.74, 6) is 0.472. The summed E-state index contributed by atoms with van der Waals surface area (Å²) >= 11 is 0. The van der Waals surface area contributed by atoms with Crippen molar-refractivity contribution in [3.8, 4) is 6.07 Å². The highest BCUT2D eigenvalue weighted by Crippen LogP contribution is 2.18. The van der Waals surface area contributed by atoms with Crippen LogP contribution in [0.25, 0.3) is 11.2 Å². The molecule has 0 aliphatic carbocycles. The first-order valence-corrected chi connectivity index (χ1v) is 6.72. The third-order valence-corrected chi connectivity index (χ3v) is 2.92. The van der Waals surface area contributed by atoms with Crippen LogP contribution in [-0.4, -0.2) is 26.8 Å². The molecule has 6 nitrogen and oxygen atoms in total. The van der Waals surface area contributed by atoms with Crippen LogP contribution in [0.15, 0.2) is 24.0 Å². The van der Waals surface area contributed by atoms with Crippen LogP contribution >= 0.6 is 0 Å². The Kier molecular flexibility index (Phi) is 4.33. The third-order valence-electron chi connectivity index (χ3n) is 2.92. The zero-order valence-corrected chi connectivity index (χ0v) is 12.3. The Hall–Kier alpha value is -2.68. The van der Waals surface area contributed by atoms with Crippen LogP contribution in [0.1, 0.15) is 26.3 Å². The molecule has 0 atom stereocenters. The number of carbonyl (C=O) groups is 1. The number of rotatable bonds is 5. The summed E-state index contributed by atoms with van der Waals surface area (Å²) in [4.78, 5) is 23.1. The SMILES string of the molecule is CC(=O)/C(C#N)=C/Cc1c[nH]c2ncc(NC(C)C)nc12. The number of anilines is 1. The fourth-order valence-corrected chi connectivity index (χ4v) is 1.94. The Bertz CT molecular complexity index is 736. The van der Waals surface area contributed by atoms with E-state index in [9.17, 15) is 4.79 Å². The quantitative estimate of drug-likeness (QED) is 0.649. The molecule has 0 aliphatic heterocycles. The standard InChI is InChI=1S/C15H17N5O/c1-9(2)19-13-8-18-15-14(20-13)12(7-17-15)5-4-11(6-16)10(3)21/h4,7-9H,5H2,1-3H3,(H,17,18)(H,19,20)/b11-4+. The van der Waals surface area contributed by atoms with Crippen molar-refractivity contribution in [3.05, 3.63) is 29.6 Å². The van der Waals surface area contributed by atoms with Crippen LogP contribution < -0.4 is 5.32 Å². The van der Waals surface area contributed by atoms with E-state index >= 15 is 0 Å². The average molecular weight is 283 g/mol. The average Bonchev–Trinajstić information content (AvgIpc) is 2.81. The number of hydrogen-bond donors (Lipinski definition) is 2. The molecular formula is C15H17N5O. The second-order valence-electron chi connectivity index (χ2n) is 5.06. The second-order valence-corrected chi connectivity index (χ2v) is 5.06. The number of H-pyrrole nitrogens is 1. The molecule has 108 valence electrons. The van der Waals surface area contributed by atoms with E-state index in [1.54, 1.807) is 18.5 Å². The third kappa shape index (κ3) is 3.45. The van der Waals surface area contributed by atoms with E-state index in [0.717, 1.165) is 11.1 Å². The van der Waals surface area contributed by atoms with Crippen LogP contribution in [0.5, 0.6) is 0 Å². The first-order valence-electron chi connectivity index (χ1n) is 6.72. The number of aromatic amines is 1. The normalized spacial score (nSPS) is 11.7. The van der Waals surface area contributed by atoms with Crippen molar-refractivity contribution >= 4 is 22.8 Å². The molecule has 0 bridgehead atoms. The van der Waals surface area contributed by atoms with E-state index < -0.39 is 0 Å². The molecule has 2 N–H and O–H groups in total. The monoisotopic (exact) mass is 283 g/mol. The summed E-state index contributed by atoms with van der Waals surface area (Å²) < 4.78 is 0. The zero-order chi connectivity index (χ0) is 15.4. The van der Waals surface area contributed by atoms with Gasteiger partial charge in [0.1, 0.15) is 17.4 Å². The number of ketones is 1. The number of nitrogens with one attached hydrogen (secondary N) is 2. The molecular weight excluding hydrogens is 266 g/mol. The minimum Gasteiger partial charge on any atom is -0.367 e. The fraction of sp³-hybridized carbons (Fsp3) is 0.333. The van der Waals surface area contributed by atoms with Crippen LogP contribution in [-0.2, 0) is 11.2 Å². The Balaban J connectivity index is 2.32. The predicted octanol–water partition coefficient (Wildman–Crippen LogP) is 2.36. The topological polar surface area (TPSA) is 94.5 Å².